The Morgan fingerprint density at radius 3 is 2.62 bits per heavy atom. The third-order valence-electron chi connectivity index (χ3n) is 4.67. The predicted octanol–water partition coefficient (Wildman–Crippen LogP) is 2.66. The Hall–Kier alpha value is -0.0800. The van der Waals surface area contributed by atoms with Gasteiger partial charge in [-0.3, -0.25) is 4.90 Å². The minimum Gasteiger partial charge on any atom is -0.391 e. The fraction of sp³-hybridized carbons (Fsp3) is 1.00. The highest BCUT2D eigenvalue weighted by molar-refractivity contribution is 4.94. The topological polar surface area (TPSA) is 23.5 Å². The second-order valence-corrected chi connectivity index (χ2v) is 6.05. The van der Waals surface area contributed by atoms with E-state index in [9.17, 15) is 5.11 Å². The Balaban J connectivity index is 2.06. The molecule has 2 fully saturated rings. The third kappa shape index (κ3) is 2.28. The van der Waals surface area contributed by atoms with Gasteiger partial charge in [0.1, 0.15) is 0 Å². The highest BCUT2D eigenvalue weighted by atomic mass is 16.3. The van der Waals surface area contributed by atoms with Crippen molar-refractivity contribution < 1.29 is 5.11 Å². The van der Waals surface area contributed by atoms with E-state index in [2.05, 4.69) is 25.7 Å². The number of aliphatic hydroxyl groups excluding tert-OH is 1. The van der Waals surface area contributed by atoms with Crippen molar-refractivity contribution >= 4 is 0 Å². The molecule has 16 heavy (non-hydrogen) atoms. The molecule has 1 aliphatic heterocycles. The van der Waals surface area contributed by atoms with Crippen LogP contribution in [-0.2, 0) is 0 Å². The predicted molar refractivity (Wildman–Crippen MR) is 67.4 cm³/mol. The summed E-state index contributed by atoms with van der Waals surface area (Å²) in [6.45, 7) is 8.09. The molecule has 94 valence electrons. The lowest BCUT2D eigenvalue weighted by atomic mass is 9.77. The molecule has 2 rings (SSSR count). The van der Waals surface area contributed by atoms with Crippen LogP contribution in [0.25, 0.3) is 0 Å². The van der Waals surface area contributed by atoms with Gasteiger partial charge in [-0.05, 0) is 50.5 Å². The molecular weight excluding hydrogens is 198 g/mol. The van der Waals surface area contributed by atoms with E-state index in [4.69, 9.17) is 0 Å². The van der Waals surface area contributed by atoms with Crippen molar-refractivity contribution in [1.29, 1.82) is 0 Å². The molecule has 2 heteroatoms. The minimum atomic E-state index is -0.0918. The van der Waals surface area contributed by atoms with Crippen LogP contribution in [0, 0.1) is 11.8 Å². The first-order valence-corrected chi connectivity index (χ1v) is 7.07. The standard InChI is InChI=1S/C14H27NO/c1-4-12-6-5-7-15(12)14-11(3)8-10(2)9-13(14)16/h10-14,16H,4-9H2,1-3H3. The van der Waals surface area contributed by atoms with Gasteiger partial charge in [0.05, 0.1) is 6.10 Å². The zero-order valence-electron chi connectivity index (χ0n) is 11.0. The van der Waals surface area contributed by atoms with E-state index in [-0.39, 0.29) is 6.10 Å². The molecule has 0 aromatic rings. The normalized spacial score (nSPS) is 46.1. The molecule has 5 unspecified atom stereocenters. The van der Waals surface area contributed by atoms with Crippen LogP contribution < -0.4 is 0 Å². The molecule has 0 amide bonds. The third-order valence-corrected chi connectivity index (χ3v) is 4.67. The minimum absolute atomic E-state index is 0.0918. The largest absolute Gasteiger partial charge is 0.391 e. The fourth-order valence-corrected chi connectivity index (χ4v) is 4.04. The van der Waals surface area contributed by atoms with Gasteiger partial charge in [0.2, 0.25) is 0 Å². The lowest BCUT2D eigenvalue weighted by molar-refractivity contribution is -0.0300. The van der Waals surface area contributed by atoms with Crippen LogP contribution >= 0.6 is 0 Å². The number of hydrogen-bond donors (Lipinski definition) is 1. The van der Waals surface area contributed by atoms with Crippen LogP contribution in [0.15, 0.2) is 0 Å². The maximum Gasteiger partial charge on any atom is 0.0700 e. The van der Waals surface area contributed by atoms with Crippen molar-refractivity contribution in [2.75, 3.05) is 6.54 Å². The molecule has 2 nitrogen and oxygen atoms in total. The van der Waals surface area contributed by atoms with Crippen molar-refractivity contribution in [3.8, 4) is 0 Å². The Kier molecular flexibility index (Phi) is 3.91. The Bertz CT molecular complexity index is 219. The molecule has 1 saturated heterocycles. The first-order chi connectivity index (χ1) is 7.63. The van der Waals surface area contributed by atoms with Gasteiger partial charge < -0.3 is 5.11 Å². The fourth-order valence-electron chi connectivity index (χ4n) is 4.04. The lowest BCUT2D eigenvalue weighted by Gasteiger charge is -2.44. The zero-order chi connectivity index (χ0) is 11.7. The number of likely N-dealkylation sites (tertiary alicyclic amines) is 1. The van der Waals surface area contributed by atoms with Crippen LogP contribution in [0.1, 0.15) is 52.9 Å². The van der Waals surface area contributed by atoms with Gasteiger partial charge in [-0.25, -0.2) is 0 Å². The molecule has 5 atom stereocenters. The molecule has 0 bridgehead atoms. The second kappa shape index (κ2) is 5.05. The van der Waals surface area contributed by atoms with Crippen molar-refractivity contribution in [3.05, 3.63) is 0 Å². The zero-order valence-corrected chi connectivity index (χ0v) is 11.0. The van der Waals surface area contributed by atoms with E-state index in [1.807, 2.05) is 0 Å². The van der Waals surface area contributed by atoms with Crippen LogP contribution in [-0.4, -0.2) is 34.7 Å². The van der Waals surface area contributed by atoms with Crippen molar-refractivity contribution in [2.24, 2.45) is 11.8 Å². The Morgan fingerprint density at radius 2 is 2.00 bits per heavy atom. The van der Waals surface area contributed by atoms with Crippen molar-refractivity contribution in [3.63, 3.8) is 0 Å². The number of aliphatic hydroxyl groups is 1. The number of hydrogen-bond acceptors (Lipinski definition) is 2. The average Bonchev–Trinajstić information content (AvgIpc) is 2.64. The number of rotatable bonds is 2. The molecule has 0 radical (unpaired) electrons. The van der Waals surface area contributed by atoms with E-state index in [0.717, 1.165) is 12.5 Å². The van der Waals surface area contributed by atoms with Crippen LogP contribution in [0.3, 0.4) is 0 Å². The highest BCUT2D eigenvalue weighted by Gasteiger charge is 2.40. The Morgan fingerprint density at radius 1 is 1.25 bits per heavy atom. The summed E-state index contributed by atoms with van der Waals surface area (Å²) in [5.74, 6) is 1.36. The smallest absolute Gasteiger partial charge is 0.0700 e. The van der Waals surface area contributed by atoms with Gasteiger partial charge in [0.15, 0.2) is 0 Å². The van der Waals surface area contributed by atoms with Gasteiger partial charge in [0.25, 0.3) is 0 Å². The molecule has 1 saturated carbocycles. The average molecular weight is 225 g/mol. The van der Waals surface area contributed by atoms with E-state index in [0.29, 0.717) is 17.9 Å². The second-order valence-electron chi connectivity index (χ2n) is 6.05. The quantitative estimate of drug-likeness (QED) is 0.781. The SMILES string of the molecule is CCC1CCCN1C1C(C)CC(C)CC1O. The Labute approximate surface area is 100 Å². The van der Waals surface area contributed by atoms with Gasteiger partial charge in [-0.1, -0.05) is 20.8 Å². The summed E-state index contributed by atoms with van der Waals surface area (Å²) in [5, 5.41) is 10.3. The first kappa shape index (κ1) is 12.4. The summed E-state index contributed by atoms with van der Waals surface area (Å²) >= 11 is 0. The van der Waals surface area contributed by atoms with Crippen LogP contribution in [0.4, 0.5) is 0 Å². The summed E-state index contributed by atoms with van der Waals surface area (Å²) in [6.07, 6.45) is 6.10. The monoisotopic (exact) mass is 225 g/mol. The summed E-state index contributed by atoms with van der Waals surface area (Å²) in [5.41, 5.74) is 0. The van der Waals surface area contributed by atoms with Crippen molar-refractivity contribution in [1.82, 2.24) is 4.90 Å². The highest BCUT2D eigenvalue weighted by Crippen LogP contribution is 2.36. The van der Waals surface area contributed by atoms with Crippen LogP contribution in [0.2, 0.25) is 0 Å². The summed E-state index contributed by atoms with van der Waals surface area (Å²) < 4.78 is 0. The van der Waals surface area contributed by atoms with Gasteiger partial charge in [-0.15, -0.1) is 0 Å². The molecule has 0 spiro atoms. The summed E-state index contributed by atoms with van der Waals surface area (Å²) in [7, 11) is 0. The van der Waals surface area contributed by atoms with Gasteiger partial charge >= 0.3 is 0 Å². The van der Waals surface area contributed by atoms with Crippen LogP contribution in [0.5, 0.6) is 0 Å². The van der Waals surface area contributed by atoms with Gasteiger partial charge in [-0.2, -0.15) is 0 Å². The summed E-state index contributed by atoms with van der Waals surface area (Å²) in [4.78, 5) is 2.61. The maximum absolute atomic E-state index is 10.3. The molecule has 1 N–H and O–H groups in total. The molecule has 0 aromatic carbocycles. The number of nitrogens with zero attached hydrogens (tertiary/aromatic N) is 1. The first-order valence-electron chi connectivity index (χ1n) is 7.07. The molecule has 1 aliphatic carbocycles. The molecular formula is C14H27NO. The van der Waals surface area contributed by atoms with E-state index in [1.54, 1.807) is 0 Å². The molecule has 1 heterocycles. The van der Waals surface area contributed by atoms with Crippen molar-refractivity contribution in [2.45, 2.75) is 71.1 Å². The lowest BCUT2D eigenvalue weighted by Crippen LogP contribution is -2.52. The van der Waals surface area contributed by atoms with E-state index >= 15 is 0 Å². The van der Waals surface area contributed by atoms with E-state index in [1.165, 1.54) is 32.2 Å². The summed E-state index contributed by atoms with van der Waals surface area (Å²) in [6, 6.07) is 1.17. The molecule has 0 aromatic heterocycles. The van der Waals surface area contributed by atoms with Gasteiger partial charge in [0, 0.05) is 12.1 Å². The maximum atomic E-state index is 10.3. The van der Waals surface area contributed by atoms with E-state index < -0.39 is 0 Å². The molecule has 2 aliphatic rings.